The van der Waals surface area contributed by atoms with Gasteiger partial charge in [0.2, 0.25) is 5.91 Å². The Morgan fingerprint density at radius 2 is 2.04 bits per heavy atom. The number of amides is 1. The molecule has 2 N–H and O–H groups in total. The summed E-state index contributed by atoms with van der Waals surface area (Å²) in [5, 5.41) is 3.08. The molecule has 24 heavy (non-hydrogen) atoms. The van der Waals surface area contributed by atoms with Crippen molar-refractivity contribution < 1.29 is 4.79 Å². The van der Waals surface area contributed by atoms with E-state index in [0.29, 0.717) is 6.54 Å². The van der Waals surface area contributed by atoms with Gasteiger partial charge in [0.1, 0.15) is 5.82 Å². The minimum Gasteiger partial charge on any atom is -0.356 e. The van der Waals surface area contributed by atoms with Crippen molar-refractivity contribution >= 4 is 28.7 Å². The fourth-order valence-electron chi connectivity index (χ4n) is 3.09. The molecule has 4 rings (SSSR count). The van der Waals surface area contributed by atoms with Crippen LogP contribution in [-0.2, 0) is 11.2 Å². The van der Waals surface area contributed by atoms with Crippen LogP contribution in [0.25, 0.3) is 11.0 Å². The largest absolute Gasteiger partial charge is 0.356 e. The van der Waals surface area contributed by atoms with E-state index < -0.39 is 0 Å². The van der Waals surface area contributed by atoms with Crippen LogP contribution < -0.4 is 5.32 Å². The number of fused-ring (bicyclic) bond motifs is 2. The molecular weight excluding hydrogens is 318 g/mol. The highest BCUT2D eigenvalue weighted by atomic mass is 32.2. The van der Waals surface area contributed by atoms with E-state index in [-0.39, 0.29) is 11.8 Å². The summed E-state index contributed by atoms with van der Waals surface area (Å²) in [7, 11) is 0. The van der Waals surface area contributed by atoms with Crippen LogP contribution in [0, 0.1) is 0 Å². The minimum atomic E-state index is -0.0163. The quantitative estimate of drug-likeness (QED) is 0.701. The Morgan fingerprint density at radius 3 is 2.96 bits per heavy atom. The second-order valence-corrected chi connectivity index (χ2v) is 7.06. The van der Waals surface area contributed by atoms with Crippen LogP contribution in [-0.4, -0.2) is 28.2 Å². The smallest absolute Gasteiger partial charge is 0.228 e. The maximum Gasteiger partial charge on any atom is 0.228 e. The molecule has 1 amide bonds. The number of nitrogens with one attached hydrogen (secondary N) is 2. The van der Waals surface area contributed by atoms with Crippen molar-refractivity contribution in [3.63, 3.8) is 0 Å². The third-order valence-corrected chi connectivity index (χ3v) is 5.53. The van der Waals surface area contributed by atoms with Gasteiger partial charge < -0.3 is 10.3 Å². The van der Waals surface area contributed by atoms with E-state index in [1.165, 1.54) is 4.90 Å². The molecule has 0 fully saturated rings. The van der Waals surface area contributed by atoms with Crippen LogP contribution in [0.4, 0.5) is 0 Å². The maximum atomic E-state index is 12.4. The van der Waals surface area contributed by atoms with Gasteiger partial charge in [-0.25, -0.2) is 4.98 Å². The molecule has 2 aromatic carbocycles. The van der Waals surface area contributed by atoms with Crippen LogP contribution in [0.5, 0.6) is 0 Å². The van der Waals surface area contributed by atoms with E-state index in [4.69, 9.17) is 0 Å². The summed E-state index contributed by atoms with van der Waals surface area (Å²) in [6.45, 7) is 0.680. The molecule has 122 valence electrons. The van der Waals surface area contributed by atoms with E-state index in [2.05, 4.69) is 27.4 Å². The first-order valence-electron chi connectivity index (χ1n) is 8.24. The highest BCUT2D eigenvalue weighted by Gasteiger charge is 2.28. The molecule has 3 aromatic rings. The van der Waals surface area contributed by atoms with E-state index in [1.54, 1.807) is 11.8 Å². The van der Waals surface area contributed by atoms with E-state index in [1.807, 2.05) is 36.4 Å². The van der Waals surface area contributed by atoms with Crippen molar-refractivity contribution in [2.24, 2.45) is 0 Å². The maximum absolute atomic E-state index is 12.4. The number of hydrogen-bond donors (Lipinski definition) is 2. The molecular formula is C19H19N3OS. The summed E-state index contributed by atoms with van der Waals surface area (Å²) in [4.78, 5) is 21.5. The Labute approximate surface area is 145 Å². The Morgan fingerprint density at radius 1 is 1.21 bits per heavy atom. The van der Waals surface area contributed by atoms with Crippen molar-refractivity contribution in [3.05, 3.63) is 59.9 Å². The molecule has 1 aromatic heterocycles. The molecule has 5 heteroatoms. The van der Waals surface area contributed by atoms with Crippen molar-refractivity contribution in [3.8, 4) is 0 Å². The fourth-order valence-corrected chi connectivity index (χ4v) is 4.32. The topological polar surface area (TPSA) is 57.8 Å². The lowest BCUT2D eigenvalue weighted by molar-refractivity contribution is -0.122. The third kappa shape index (κ3) is 3.04. The summed E-state index contributed by atoms with van der Waals surface area (Å²) in [5.41, 5.74) is 3.23. The Hall–Kier alpha value is -2.27. The van der Waals surface area contributed by atoms with Gasteiger partial charge in [0.15, 0.2) is 0 Å². The number of H-pyrrole nitrogens is 1. The second-order valence-electron chi connectivity index (χ2n) is 6.00. The molecule has 0 saturated heterocycles. The van der Waals surface area contributed by atoms with E-state index in [0.717, 1.165) is 41.0 Å². The number of carbonyl (C=O) groups excluding carboxylic acids is 1. The standard InChI is InChI=1S/C19H19N3OS/c23-19(14-12-24-17-9-4-1-6-13(14)17)20-11-5-10-18-21-15-7-2-3-8-16(15)22-18/h1-4,6-9,14H,5,10-12H2,(H,20,23)(H,21,22). The van der Waals surface area contributed by atoms with Crippen LogP contribution >= 0.6 is 11.8 Å². The van der Waals surface area contributed by atoms with Gasteiger partial charge in [-0.3, -0.25) is 4.79 Å². The zero-order valence-electron chi connectivity index (χ0n) is 13.3. The molecule has 0 spiro atoms. The first-order valence-corrected chi connectivity index (χ1v) is 9.23. The molecule has 2 heterocycles. The number of nitrogens with zero attached hydrogens (tertiary/aromatic N) is 1. The number of aromatic nitrogens is 2. The number of rotatable bonds is 5. The summed E-state index contributed by atoms with van der Waals surface area (Å²) >= 11 is 1.77. The van der Waals surface area contributed by atoms with Gasteiger partial charge in [0.25, 0.3) is 0 Å². The minimum absolute atomic E-state index is 0.0163. The first kappa shape index (κ1) is 15.3. The van der Waals surface area contributed by atoms with Crippen molar-refractivity contribution in [2.45, 2.75) is 23.7 Å². The van der Waals surface area contributed by atoms with Gasteiger partial charge in [-0.15, -0.1) is 11.8 Å². The van der Waals surface area contributed by atoms with Crippen LogP contribution in [0.3, 0.4) is 0 Å². The monoisotopic (exact) mass is 337 g/mol. The third-order valence-electron chi connectivity index (χ3n) is 4.34. The van der Waals surface area contributed by atoms with Gasteiger partial charge in [-0.1, -0.05) is 30.3 Å². The lowest BCUT2D eigenvalue weighted by atomic mass is 10.0. The van der Waals surface area contributed by atoms with Crippen LogP contribution in [0.15, 0.2) is 53.4 Å². The van der Waals surface area contributed by atoms with Crippen molar-refractivity contribution in [1.29, 1.82) is 0 Å². The molecule has 0 saturated carbocycles. The Balaban J connectivity index is 1.29. The van der Waals surface area contributed by atoms with Gasteiger partial charge in [0.05, 0.1) is 17.0 Å². The lowest BCUT2D eigenvalue weighted by Crippen LogP contribution is -2.30. The van der Waals surface area contributed by atoms with Gasteiger partial charge in [-0.2, -0.15) is 0 Å². The number of carbonyl (C=O) groups is 1. The zero-order valence-corrected chi connectivity index (χ0v) is 14.1. The van der Waals surface area contributed by atoms with E-state index >= 15 is 0 Å². The first-order chi connectivity index (χ1) is 11.8. The number of imidazole rings is 1. The molecule has 1 unspecified atom stereocenters. The Bertz CT molecular complexity index is 841. The van der Waals surface area contributed by atoms with Crippen LogP contribution in [0.1, 0.15) is 23.7 Å². The zero-order chi connectivity index (χ0) is 16.4. The van der Waals surface area contributed by atoms with E-state index in [9.17, 15) is 4.79 Å². The fraction of sp³-hybridized carbons (Fsp3) is 0.263. The molecule has 1 atom stereocenters. The number of thioether (sulfide) groups is 1. The van der Waals surface area contributed by atoms with Crippen molar-refractivity contribution in [2.75, 3.05) is 12.3 Å². The molecule has 0 radical (unpaired) electrons. The number of hydrogen-bond acceptors (Lipinski definition) is 3. The van der Waals surface area contributed by atoms with Gasteiger partial charge in [0, 0.05) is 23.6 Å². The number of benzene rings is 2. The number of aryl methyl sites for hydroxylation is 1. The second kappa shape index (κ2) is 6.69. The summed E-state index contributed by atoms with van der Waals surface area (Å²) in [6.07, 6.45) is 1.72. The number of aromatic amines is 1. The molecule has 0 aliphatic carbocycles. The number of para-hydroxylation sites is 2. The van der Waals surface area contributed by atoms with Gasteiger partial charge in [-0.05, 0) is 30.2 Å². The Kier molecular flexibility index (Phi) is 4.26. The predicted molar refractivity (Wildman–Crippen MR) is 97.3 cm³/mol. The molecule has 4 nitrogen and oxygen atoms in total. The van der Waals surface area contributed by atoms with Gasteiger partial charge >= 0.3 is 0 Å². The molecule has 1 aliphatic rings. The average Bonchev–Trinajstić information content (AvgIpc) is 3.22. The molecule has 1 aliphatic heterocycles. The van der Waals surface area contributed by atoms with Crippen molar-refractivity contribution in [1.82, 2.24) is 15.3 Å². The summed E-state index contributed by atoms with van der Waals surface area (Å²) < 4.78 is 0. The molecule has 0 bridgehead atoms. The SMILES string of the molecule is O=C(NCCCc1nc2ccccc2[nH]1)C1CSc2ccccc21. The van der Waals surface area contributed by atoms with Crippen LogP contribution in [0.2, 0.25) is 0 Å². The predicted octanol–water partition coefficient (Wildman–Crippen LogP) is 3.50. The normalized spacial score (nSPS) is 16.2. The summed E-state index contributed by atoms with van der Waals surface area (Å²) in [6, 6.07) is 16.2. The highest BCUT2D eigenvalue weighted by Crippen LogP contribution is 2.39. The highest BCUT2D eigenvalue weighted by molar-refractivity contribution is 7.99. The lowest BCUT2D eigenvalue weighted by Gasteiger charge is -2.11. The average molecular weight is 337 g/mol. The summed E-state index contributed by atoms with van der Waals surface area (Å²) in [5.74, 6) is 1.94.